The first-order valence-corrected chi connectivity index (χ1v) is 13.9. The highest BCUT2D eigenvalue weighted by Crippen LogP contribution is 2.41. The fourth-order valence-electron chi connectivity index (χ4n) is 3.35. The van der Waals surface area contributed by atoms with Crippen LogP contribution in [0.1, 0.15) is 26.5 Å². The summed E-state index contributed by atoms with van der Waals surface area (Å²) in [6.07, 6.45) is 1.57. The molecule has 37 heavy (non-hydrogen) atoms. The number of morpholine rings is 1. The maximum absolute atomic E-state index is 13.7. The molecule has 0 bridgehead atoms. The van der Waals surface area contributed by atoms with E-state index >= 15 is 0 Å². The van der Waals surface area contributed by atoms with Crippen molar-refractivity contribution in [3.8, 4) is 0 Å². The molecule has 1 unspecified atom stereocenters. The largest absolute Gasteiger partial charge is 0.385 e. The smallest absolute Gasteiger partial charge is 0.214 e. The number of sulfone groups is 1. The number of rotatable bonds is 6. The first kappa shape index (κ1) is 34.7. The van der Waals surface area contributed by atoms with Gasteiger partial charge in [-0.3, -0.25) is 4.99 Å². The Bertz CT molecular complexity index is 1080. The molecule has 1 aliphatic heterocycles. The van der Waals surface area contributed by atoms with Crippen molar-refractivity contribution in [2.45, 2.75) is 43.6 Å². The fourth-order valence-corrected chi connectivity index (χ4v) is 5.47. The molecular formula is C24H42BrN7O4S. The van der Waals surface area contributed by atoms with Crippen LogP contribution in [0, 0.1) is 12.3 Å². The number of hydrogen-bond acceptors (Lipinski definition) is 10. The molecular weight excluding hydrogens is 562 g/mol. The van der Waals surface area contributed by atoms with Gasteiger partial charge in [0.25, 0.3) is 0 Å². The monoisotopic (exact) mass is 603 g/mol. The zero-order valence-corrected chi connectivity index (χ0v) is 25.2. The van der Waals surface area contributed by atoms with Crippen molar-refractivity contribution in [1.29, 1.82) is 5.41 Å². The van der Waals surface area contributed by atoms with Crippen molar-refractivity contribution in [3.05, 3.63) is 28.4 Å². The Kier molecular flexibility index (Phi) is 16.9. The number of methoxy groups -OCH3 is 1. The van der Waals surface area contributed by atoms with E-state index in [-0.39, 0.29) is 21.7 Å². The zero-order chi connectivity index (χ0) is 28.6. The summed E-state index contributed by atoms with van der Waals surface area (Å²) in [5, 5.41) is 8.25. The lowest BCUT2D eigenvalue weighted by molar-refractivity contribution is 0.0530. The molecule has 0 saturated carbocycles. The second kappa shape index (κ2) is 18.0. The maximum atomic E-state index is 13.7. The zero-order valence-electron chi connectivity index (χ0n) is 22.8. The quantitative estimate of drug-likeness (QED) is 0.189. The average molecular weight is 605 g/mol. The Morgan fingerprint density at radius 1 is 1.41 bits per heavy atom. The fraction of sp³-hybridized carbons (Fsp3) is 0.500. The highest BCUT2D eigenvalue weighted by atomic mass is 79.9. The molecule has 1 aliphatic rings. The van der Waals surface area contributed by atoms with Gasteiger partial charge in [0.05, 0.1) is 23.3 Å². The number of aromatic amines is 1. The van der Waals surface area contributed by atoms with Crippen LogP contribution in [0.4, 0.5) is 17.2 Å². The van der Waals surface area contributed by atoms with Crippen molar-refractivity contribution in [2.75, 3.05) is 57.8 Å². The van der Waals surface area contributed by atoms with Crippen LogP contribution in [-0.4, -0.2) is 79.9 Å². The Hall–Kier alpha value is -2.29. The lowest BCUT2D eigenvalue weighted by Crippen LogP contribution is -2.41. The molecule has 1 saturated heterocycles. The van der Waals surface area contributed by atoms with Gasteiger partial charge in [-0.2, -0.15) is 0 Å². The molecule has 1 atom stereocenters. The van der Waals surface area contributed by atoms with Gasteiger partial charge in [0.15, 0.2) is 0 Å². The number of nitrogen functional groups attached to an aromatic ring is 1. The Morgan fingerprint density at radius 2 is 2.00 bits per heavy atom. The van der Waals surface area contributed by atoms with E-state index < -0.39 is 9.84 Å². The normalized spacial score (nSPS) is 15.1. The predicted octanol–water partition coefficient (Wildman–Crippen LogP) is 3.91. The van der Waals surface area contributed by atoms with Crippen molar-refractivity contribution < 1.29 is 17.9 Å². The lowest BCUT2D eigenvalue weighted by Gasteiger charge is -2.34. The Morgan fingerprint density at radius 3 is 2.49 bits per heavy atom. The molecule has 210 valence electrons. The number of anilines is 2. The molecule has 3 rings (SSSR count). The molecule has 0 radical (unpaired) electrons. The number of aromatic nitrogens is 1. The van der Waals surface area contributed by atoms with E-state index in [2.05, 4.69) is 48.1 Å². The summed E-state index contributed by atoms with van der Waals surface area (Å²) in [7, 11) is 1.51. The van der Waals surface area contributed by atoms with Crippen LogP contribution in [0.25, 0.3) is 0 Å². The van der Waals surface area contributed by atoms with E-state index in [1.54, 1.807) is 39.3 Å². The first-order chi connectivity index (χ1) is 17.6. The van der Waals surface area contributed by atoms with E-state index in [9.17, 15) is 8.42 Å². The summed E-state index contributed by atoms with van der Waals surface area (Å²) in [6, 6.07) is 5.15. The van der Waals surface area contributed by atoms with E-state index in [1.807, 2.05) is 38.9 Å². The minimum absolute atomic E-state index is 0.0133. The minimum atomic E-state index is -3.92. The average Bonchev–Trinajstić information content (AvgIpc) is 3.21. The van der Waals surface area contributed by atoms with Gasteiger partial charge in [-0.15, -0.1) is 0 Å². The van der Waals surface area contributed by atoms with Crippen LogP contribution in [0.5, 0.6) is 0 Å². The third-order valence-corrected chi connectivity index (χ3v) is 7.21. The van der Waals surface area contributed by atoms with Crippen LogP contribution in [0.2, 0.25) is 0 Å². The second-order valence-corrected chi connectivity index (χ2v) is 10.4. The topological polar surface area (TPSA) is 158 Å². The number of halogens is 1. The van der Waals surface area contributed by atoms with Gasteiger partial charge in [-0.05, 0) is 66.7 Å². The standard InChI is InChI=1S/C18H24BrN5O3S.C3H8O.C2H7N.CH3N/c1-4-21-16-12(3)22-18(23-20)17(16)28(25,26)15-6-5-13(19)9-14(15)24-7-8-27-11(2)10-24;1-3-4-2;1-3-2;1-2/h4-6,9,11,22-23H,7-8,10,20H2,1-3H3;3H2,1-2H3;3H,1-2H3;2H,1H2. The van der Waals surface area contributed by atoms with Gasteiger partial charge < -0.3 is 35.5 Å². The number of hydrogen-bond donors (Lipinski definition) is 5. The summed E-state index contributed by atoms with van der Waals surface area (Å²) in [5.74, 6) is 5.81. The summed E-state index contributed by atoms with van der Waals surface area (Å²) < 4.78 is 38.4. The number of ether oxygens (including phenoxy) is 2. The van der Waals surface area contributed by atoms with Gasteiger partial charge in [0, 0.05) is 43.2 Å². The summed E-state index contributed by atoms with van der Waals surface area (Å²) in [6.45, 7) is 12.5. The van der Waals surface area contributed by atoms with E-state index in [1.165, 1.54) is 0 Å². The number of hydrazine groups is 1. The maximum Gasteiger partial charge on any atom is 0.214 e. The molecule has 0 spiro atoms. The van der Waals surface area contributed by atoms with Gasteiger partial charge in [-0.25, -0.2) is 14.3 Å². The molecule has 0 amide bonds. The number of benzene rings is 1. The van der Waals surface area contributed by atoms with Crippen LogP contribution in [0.3, 0.4) is 0 Å². The van der Waals surface area contributed by atoms with Crippen molar-refractivity contribution in [1.82, 2.24) is 10.3 Å². The van der Waals surface area contributed by atoms with Crippen molar-refractivity contribution in [3.63, 3.8) is 0 Å². The van der Waals surface area contributed by atoms with Crippen molar-refractivity contribution >= 4 is 55.9 Å². The van der Waals surface area contributed by atoms with Crippen LogP contribution in [0.15, 0.2) is 37.5 Å². The van der Waals surface area contributed by atoms with Crippen LogP contribution in [-0.2, 0) is 19.3 Å². The van der Waals surface area contributed by atoms with E-state index in [0.717, 1.165) is 11.1 Å². The highest BCUT2D eigenvalue weighted by Gasteiger charge is 2.32. The minimum Gasteiger partial charge on any atom is -0.385 e. The van der Waals surface area contributed by atoms with Gasteiger partial charge in [0.2, 0.25) is 9.84 Å². The number of H-pyrrole nitrogens is 1. The number of aryl methyl sites for hydroxylation is 1. The Balaban J connectivity index is 0.00000126. The SMILES string of the molecule is C=N.CC=Nc1c(C)[nH]c(NN)c1S(=O)(=O)c1ccc(Br)cc1N1CCOC(C)C1.CCOC.CNC. The van der Waals surface area contributed by atoms with Gasteiger partial charge in [0.1, 0.15) is 16.4 Å². The van der Waals surface area contributed by atoms with Gasteiger partial charge >= 0.3 is 0 Å². The lowest BCUT2D eigenvalue weighted by atomic mass is 10.2. The third-order valence-electron chi connectivity index (χ3n) is 4.86. The number of aliphatic imine (C=N–C) groups is 1. The molecule has 11 nitrogen and oxygen atoms in total. The van der Waals surface area contributed by atoms with Crippen LogP contribution < -0.4 is 21.5 Å². The molecule has 2 heterocycles. The molecule has 2 aromatic rings. The number of nitrogens with one attached hydrogen (secondary N) is 4. The number of nitrogens with two attached hydrogens (primary N) is 1. The molecule has 1 aromatic carbocycles. The highest BCUT2D eigenvalue weighted by molar-refractivity contribution is 9.10. The van der Waals surface area contributed by atoms with Crippen molar-refractivity contribution in [2.24, 2.45) is 10.8 Å². The first-order valence-electron chi connectivity index (χ1n) is 11.6. The third kappa shape index (κ3) is 9.83. The molecule has 1 fully saturated rings. The second-order valence-electron chi connectivity index (χ2n) is 7.65. The predicted molar refractivity (Wildman–Crippen MR) is 157 cm³/mol. The molecule has 1 aromatic heterocycles. The Labute approximate surface area is 229 Å². The summed E-state index contributed by atoms with van der Waals surface area (Å²) in [4.78, 5) is 9.50. The van der Waals surface area contributed by atoms with E-state index in [0.29, 0.717) is 36.8 Å². The summed E-state index contributed by atoms with van der Waals surface area (Å²) >= 11 is 3.46. The van der Waals surface area contributed by atoms with Crippen LogP contribution >= 0.6 is 15.9 Å². The molecule has 0 aliphatic carbocycles. The number of nitrogens with zero attached hydrogens (tertiary/aromatic N) is 2. The summed E-state index contributed by atoms with van der Waals surface area (Å²) in [5.41, 5.74) is 4.04. The van der Waals surface area contributed by atoms with Gasteiger partial charge in [-0.1, -0.05) is 15.9 Å². The van der Waals surface area contributed by atoms with E-state index in [4.69, 9.17) is 16.0 Å². The molecule has 13 heteroatoms. The molecule has 6 N–H and O–H groups in total.